The van der Waals surface area contributed by atoms with Crippen LogP contribution < -0.4 is 0 Å². The van der Waals surface area contributed by atoms with Crippen LogP contribution in [0, 0.1) is 0 Å². The van der Waals surface area contributed by atoms with Crippen LogP contribution in [0.5, 0.6) is 0 Å². The summed E-state index contributed by atoms with van der Waals surface area (Å²) in [7, 11) is 0. The van der Waals surface area contributed by atoms with Gasteiger partial charge in [-0.05, 0) is 41.8 Å². The lowest BCUT2D eigenvalue weighted by molar-refractivity contribution is 1.14. The maximum atomic E-state index is 4.40. The molecule has 0 fully saturated rings. The van der Waals surface area contributed by atoms with Gasteiger partial charge in [-0.15, -0.1) is 0 Å². The Hall–Kier alpha value is -1.96. The van der Waals surface area contributed by atoms with Gasteiger partial charge in [0.1, 0.15) is 0 Å². The van der Waals surface area contributed by atoms with Crippen molar-refractivity contribution in [3.8, 4) is 0 Å². The van der Waals surface area contributed by atoms with E-state index in [1.165, 1.54) is 5.56 Å². The number of aromatic nitrogens is 1. The second-order valence-corrected chi connectivity index (χ2v) is 3.56. The third-order valence-corrected chi connectivity index (χ3v) is 2.41. The van der Waals surface area contributed by atoms with Crippen molar-refractivity contribution in [2.45, 2.75) is 13.3 Å². The zero-order valence-corrected chi connectivity index (χ0v) is 9.30. The van der Waals surface area contributed by atoms with Crippen molar-refractivity contribution < 1.29 is 0 Å². The lowest BCUT2D eigenvalue weighted by Gasteiger charge is -1.97. The van der Waals surface area contributed by atoms with Crippen LogP contribution in [0.3, 0.4) is 0 Å². The summed E-state index contributed by atoms with van der Waals surface area (Å²) in [6.45, 7) is 2.15. The molecule has 80 valence electrons. The Bertz CT molecular complexity index is 458. The van der Waals surface area contributed by atoms with Crippen molar-refractivity contribution in [3.05, 3.63) is 59.9 Å². The average molecular weight is 210 g/mol. The number of rotatable bonds is 3. The van der Waals surface area contributed by atoms with Crippen LogP contribution in [0.2, 0.25) is 0 Å². The third kappa shape index (κ3) is 2.76. The molecule has 0 radical (unpaired) electrons. The van der Waals surface area contributed by atoms with E-state index in [4.69, 9.17) is 0 Å². The highest BCUT2D eigenvalue weighted by molar-refractivity contribution is 5.81. The van der Waals surface area contributed by atoms with Crippen LogP contribution in [-0.2, 0) is 6.42 Å². The maximum absolute atomic E-state index is 4.40. The summed E-state index contributed by atoms with van der Waals surface area (Å²) in [5, 5.41) is 0. The van der Waals surface area contributed by atoms with Gasteiger partial charge in [0.25, 0.3) is 0 Å². The van der Waals surface area contributed by atoms with Gasteiger partial charge in [-0.2, -0.15) is 0 Å². The van der Waals surface area contributed by atoms with Crippen molar-refractivity contribution in [2.24, 2.45) is 4.99 Å². The van der Waals surface area contributed by atoms with Crippen LogP contribution >= 0.6 is 0 Å². The molecule has 1 aromatic carbocycles. The Morgan fingerprint density at radius 2 is 1.75 bits per heavy atom. The Labute approximate surface area is 95.7 Å². The first-order valence-electron chi connectivity index (χ1n) is 5.41. The van der Waals surface area contributed by atoms with Crippen molar-refractivity contribution in [2.75, 3.05) is 0 Å². The summed E-state index contributed by atoms with van der Waals surface area (Å²) in [6.07, 6.45) is 6.44. The fourth-order valence-corrected chi connectivity index (χ4v) is 1.42. The molecule has 1 heterocycles. The van der Waals surface area contributed by atoms with Crippen molar-refractivity contribution >= 4 is 11.9 Å². The summed E-state index contributed by atoms with van der Waals surface area (Å²) < 4.78 is 0. The molecular formula is C14H14N2. The van der Waals surface area contributed by atoms with Gasteiger partial charge >= 0.3 is 0 Å². The van der Waals surface area contributed by atoms with Gasteiger partial charge in [-0.3, -0.25) is 9.98 Å². The number of hydrogen-bond acceptors (Lipinski definition) is 2. The highest BCUT2D eigenvalue weighted by atomic mass is 14.7. The van der Waals surface area contributed by atoms with Gasteiger partial charge in [0, 0.05) is 18.6 Å². The minimum absolute atomic E-state index is 0.981. The quantitative estimate of drug-likeness (QED) is 0.713. The lowest BCUT2D eigenvalue weighted by atomic mass is 10.1. The molecule has 0 bridgehead atoms. The largest absolute Gasteiger partial charge is 0.265 e. The molecule has 2 rings (SSSR count). The molecule has 0 atom stereocenters. The fraction of sp³-hybridized carbons (Fsp3) is 0.143. The van der Waals surface area contributed by atoms with Gasteiger partial charge < -0.3 is 0 Å². The maximum Gasteiger partial charge on any atom is 0.0630 e. The third-order valence-electron chi connectivity index (χ3n) is 2.41. The predicted octanol–water partition coefficient (Wildman–Crippen LogP) is 3.39. The zero-order chi connectivity index (χ0) is 11.2. The second-order valence-electron chi connectivity index (χ2n) is 3.56. The zero-order valence-electron chi connectivity index (χ0n) is 9.30. The smallest absolute Gasteiger partial charge is 0.0630 e. The second kappa shape index (κ2) is 5.21. The lowest BCUT2D eigenvalue weighted by Crippen LogP contribution is -1.80. The minimum atomic E-state index is 0.981. The molecule has 2 aromatic rings. The predicted molar refractivity (Wildman–Crippen MR) is 67.3 cm³/mol. The van der Waals surface area contributed by atoms with Gasteiger partial charge in [0.2, 0.25) is 0 Å². The van der Waals surface area contributed by atoms with E-state index in [9.17, 15) is 0 Å². The molecule has 1 aromatic heterocycles. The van der Waals surface area contributed by atoms with Gasteiger partial charge in [0.05, 0.1) is 5.69 Å². The molecular weight excluding hydrogens is 196 g/mol. The first-order valence-corrected chi connectivity index (χ1v) is 5.41. The normalized spacial score (nSPS) is 10.8. The van der Waals surface area contributed by atoms with E-state index in [1.54, 1.807) is 12.4 Å². The number of aryl methyl sites for hydroxylation is 1. The van der Waals surface area contributed by atoms with Crippen molar-refractivity contribution in [1.29, 1.82) is 0 Å². The number of pyridine rings is 1. The molecule has 2 heteroatoms. The summed E-state index contributed by atoms with van der Waals surface area (Å²) in [5.41, 5.74) is 3.38. The van der Waals surface area contributed by atoms with Crippen LogP contribution in [0.1, 0.15) is 18.1 Å². The van der Waals surface area contributed by atoms with Crippen LogP contribution in [0.25, 0.3) is 0 Å². The highest BCUT2D eigenvalue weighted by Crippen LogP contribution is 2.13. The Morgan fingerprint density at radius 1 is 1.06 bits per heavy atom. The molecule has 16 heavy (non-hydrogen) atoms. The van der Waals surface area contributed by atoms with E-state index in [1.807, 2.05) is 30.5 Å². The summed E-state index contributed by atoms with van der Waals surface area (Å²) in [4.78, 5) is 8.36. The molecule has 0 aliphatic rings. The summed E-state index contributed by atoms with van der Waals surface area (Å²) in [6, 6.07) is 12.2. The van der Waals surface area contributed by atoms with Gasteiger partial charge in [-0.1, -0.05) is 19.1 Å². The fourth-order valence-electron chi connectivity index (χ4n) is 1.42. The monoisotopic (exact) mass is 210 g/mol. The molecule has 0 unspecified atom stereocenters. The van der Waals surface area contributed by atoms with Crippen LogP contribution in [0.4, 0.5) is 5.69 Å². The van der Waals surface area contributed by atoms with Crippen molar-refractivity contribution in [1.82, 2.24) is 4.98 Å². The molecule has 0 amide bonds. The molecule has 0 N–H and O–H groups in total. The topological polar surface area (TPSA) is 25.2 Å². The molecule has 0 saturated heterocycles. The van der Waals surface area contributed by atoms with Crippen LogP contribution in [-0.4, -0.2) is 11.2 Å². The molecule has 0 aliphatic carbocycles. The van der Waals surface area contributed by atoms with Crippen LogP contribution in [0.15, 0.2) is 53.8 Å². The van der Waals surface area contributed by atoms with E-state index in [0.29, 0.717) is 0 Å². The van der Waals surface area contributed by atoms with E-state index < -0.39 is 0 Å². The minimum Gasteiger partial charge on any atom is -0.265 e. The Morgan fingerprint density at radius 3 is 2.38 bits per heavy atom. The first-order chi connectivity index (χ1) is 7.88. The van der Waals surface area contributed by atoms with E-state index >= 15 is 0 Å². The Balaban J connectivity index is 2.12. The van der Waals surface area contributed by atoms with Gasteiger partial charge in [0.15, 0.2) is 0 Å². The molecule has 2 nitrogen and oxygen atoms in total. The van der Waals surface area contributed by atoms with E-state index in [2.05, 4.69) is 29.0 Å². The SMILES string of the molecule is CCc1ccc(N=Cc2ccncc2)cc1. The first kappa shape index (κ1) is 10.6. The van der Waals surface area contributed by atoms with Crippen molar-refractivity contribution in [3.63, 3.8) is 0 Å². The summed E-state index contributed by atoms with van der Waals surface area (Å²) >= 11 is 0. The number of hydrogen-bond donors (Lipinski definition) is 0. The van der Waals surface area contributed by atoms with E-state index in [0.717, 1.165) is 17.7 Å². The molecule has 0 spiro atoms. The highest BCUT2D eigenvalue weighted by Gasteiger charge is 1.90. The number of benzene rings is 1. The molecule has 0 aliphatic heterocycles. The van der Waals surface area contributed by atoms with Gasteiger partial charge in [-0.25, -0.2) is 0 Å². The average Bonchev–Trinajstić information content (AvgIpc) is 2.38. The number of aliphatic imine (C=N–C) groups is 1. The number of nitrogens with zero attached hydrogens (tertiary/aromatic N) is 2. The molecule has 0 saturated carbocycles. The van der Waals surface area contributed by atoms with E-state index in [-0.39, 0.29) is 0 Å². The standard InChI is InChI=1S/C14H14N2/c1-2-12-3-5-14(6-4-12)16-11-13-7-9-15-10-8-13/h3-11H,2H2,1H3. The Kier molecular flexibility index (Phi) is 3.44. The summed E-state index contributed by atoms with van der Waals surface area (Å²) in [5.74, 6) is 0.